The first-order valence-corrected chi connectivity index (χ1v) is 36.0. The number of nitrogens with zero attached hydrogens (tertiary/aromatic N) is 6. The van der Waals surface area contributed by atoms with E-state index in [0.29, 0.717) is 0 Å². The first-order valence-electron chi connectivity index (χ1n) is 36.0. The monoisotopic (exact) mass is 1360 g/mol. The van der Waals surface area contributed by atoms with Crippen molar-refractivity contribution in [1.29, 1.82) is 0 Å². The first kappa shape index (κ1) is 63.9. The van der Waals surface area contributed by atoms with E-state index in [0.717, 1.165) is 124 Å². The molecule has 0 amide bonds. The van der Waals surface area contributed by atoms with E-state index in [1.807, 2.05) is 12.2 Å². The lowest BCUT2D eigenvalue weighted by Gasteiger charge is -2.29. The Balaban J connectivity index is 0.687. The Morgan fingerprint density at radius 1 is 0.179 bits per heavy atom. The van der Waals surface area contributed by atoms with Crippen molar-refractivity contribution < 1.29 is 0 Å². The number of fused-ring (bicyclic) bond motifs is 6. The lowest BCUT2D eigenvalue weighted by molar-refractivity contribution is 1.18. The zero-order valence-corrected chi connectivity index (χ0v) is 58.4. The standard InChI is InChI=1S/C100H72N6/c1-3-71-33-47-91(48-34-71)105-97-31-19-17-29-93(97)95-69-77(45-67-99(95)105)75-41-55-85(56-42-75)103(89-63-59-87(60-64-89)101(79-21-9-5-10-22-79)80-23-11-6-12-24-80)83-51-37-73(38-52-83)74-39-53-84(54-40-74)104(90-65-61-88(62-66-90)102(81-25-13-7-14-26-81)82-27-15-8-16-28-82)86-57-43-76(44-58-86)78-46-68-100-96(70-78)94-30-18-20-32-98(94)106(100)92-49-35-72(4-2)36-50-92/h3-70H,1-2H2. The molecule has 18 aromatic rings. The fourth-order valence-electron chi connectivity index (χ4n) is 15.2. The highest BCUT2D eigenvalue weighted by Crippen LogP contribution is 2.45. The van der Waals surface area contributed by atoms with Gasteiger partial charge in [-0.25, -0.2) is 0 Å². The highest BCUT2D eigenvalue weighted by Gasteiger charge is 2.22. The third-order valence-electron chi connectivity index (χ3n) is 20.4. The Morgan fingerprint density at radius 3 is 0.651 bits per heavy atom. The summed E-state index contributed by atoms with van der Waals surface area (Å²) in [6.45, 7) is 7.98. The van der Waals surface area contributed by atoms with E-state index in [1.165, 1.54) is 43.6 Å². The molecule has 0 saturated carbocycles. The van der Waals surface area contributed by atoms with Gasteiger partial charge in [-0.1, -0.05) is 219 Å². The van der Waals surface area contributed by atoms with Gasteiger partial charge in [-0.15, -0.1) is 0 Å². The summed E-state index contributed by atoms with van der Waals surface area (Å²) in [5, 5.41) is 4.86. The molecule has 0 N–H and O–H groups in total. The van der Waals surface area contributed by atoms with Crippen LogP contribution in [0.25, 0.3) is 101 Å². The predicted molar refractivity (Wildman–Crippen MR) is 450 cm³/mol. The second-order valence-corrected chi connectivity index (χ2v) is 26.7. The van der Waals surface area contributed by atoms with Gasteiger partial charge in [-0.2, -0.15) is 0 Å². The molecule has 106 heavy (non-hydrogen) atoms. The predicted octanol–water partition coefficient (Wildman–Crippen LogP) is 28.0. The fraction of sp³-hybridized carbons (Fsp3) is 0. The highest BCUT2D eigenvalue weighted by atomic mass is 15.2. The second-order valence-electron chi connectivity index (χ2n) is 26.7. The molecule has 0 aliphatic carbocycles. The average Bonchev–Trinajstić information content (AvgIpc) is 1.49. The molecule has 0 bridgehead atoms. The summed E-state index contributed by atoms with van der Waals surface area (Å²) in [7, 11) is 0. The van der Waals surface area contributed by atoms with Crippen LogP contribution < -0.4 is 19.6 Å². The number of benzene rings is 16. The average molecular weight is 1360 g/mol. The molecule has 6 nitrogen and oxygen atoms in total. The minimum atomic E-state index is 1.04. The lowest BCUT2D eigenvalue weighted by atomic mass is 10.0. The van der Waals surface area contributed by atoms with E-state index in [9.17, 15) is 0 Å². The molecule has 18 rings (SSSR count). The lowest BCUT2D eigenvalue weighted by Crippen LogP contribution is -2.12. The van der Waals surface area contributed by atoms with E-state index in [1.54, 1.807) is 0 Å². The molecule has 502 valence electrons. The van der Waals surface area contributed by atoms with Crippen molar-refractivity contribution in [3.63, 3.8) is 0 Å². The minimum Gasteiger partial charge on any atom is -0.311 e. The van der Waals surface area contributed by atoms with Crippen LogP contribution in [0.5, 0.6) is 0 Å². The zero-order chi connectivity index (χ0) is 70.9. The molecule has 0 atom stereocenters. The number of aromatic nitrogens is 2. The van der Waals surface area contributed by atoms with E-state index in [-0.39, 0.29) is 0 Å². The summed E-state index contributed by atoms with van der Waals surface area (Å²) in [4.78, 5) is 9.33. The number of rotatable bonds is 19. The molecule has 0 aliphatic rings. The normalized spacial score (nSPS) is 11.3. The van der Waals surface area contributed by atoms with E-state index < -0.39 is 0 Å². The number of anilines is 12. The topological polar surface area (TPSA) is 22.8 Å². The van der Waals surface area contributed by atoms with Crippen LogP contribution in [0.4, 0.5) is 68.2 Å². The van der Waals surface area contributed by atoms with Crippen molar-refractivity contribution in [2.75, 3.05) is 19.6 Å². The molecule has 0 aliphatic heterocycles. The Labute approximate surface area is 618 Å². The van der Waals surface area contributed by atoms with Gasteiger partial charge in [0.15, 0.2) is 0 Å². The maximum absolute atomic E-state index is 3.99. The molecule has 2 heterocycles. The molecule has 0 spiro atoms. The first-order chi connectivity index (χ1) is 52.5. The van der Waals surface area contributed by atoms with Crippen LogP contribution in [0.3, 0.4) is 0 Å². The third kappa shape index (κ3) is 12.1. The van der Waals surface area contributed by atoms with Crippen molar-refractivity contribution >= 4 is 124 Å². The summed E-state index contributed by atoms with van der Waals surface area (Å²) < 4.78 is 4.73. The molecule has 0 fully saturated rings. The van der Waals surface area contributed by atoms with Gasteiger partial charge in [-0.05, 0) is 251 Å². The van der Waals surface area contributed by atoms with Gasteiger partial charge < -0.3 is 28.7 Å². The van der Waals surface area contributed by atoms with E-state index >= 15 is 0 Å². The van der Waals surface area contributed by atoms with Gasteiger partial charge in [0.25, 0.3) is 0 Å². The Hall–Kier alpha value is -14.2. The van der Waals surface area contributed by atoms with Crippen LogP contribution in [0, 0.1) is 0 Å². The van der Waals surface area contributed by atoms with Crippen LogP contribution in [-0.2, 0) is 0 Å². The maximum Gasteiger partial charge on any atom is 0.0541 e. The van der Waals surface area contributed by atoms with Gasteiger partial charge in [0.2, 0.25) is 0 Å². The van der Waals surface area contributed by atoms with Crippen LogP contribution >= 0.6 is 0 Å². The molecule has 16 aromatic carbocycles. The maximum atomic E-state index is 3.99. The highest BCUT2D eigenvalue weighted by molar-refractivity contribution is 6.12. The Kier molecular flexibility index (Phi) is 16.9. The Bertz CT molecular complexity index is 5690. The molecular formula is C100H72N6. The van der Waals surface area contributed by atoms with E-state index in [2.05, 4.69) is 442 Å². The van der Waals surface area contributed by atoms with E-state index in [4.69, 9.17) is 0 Å². The molecule has 6 heteroatoms. The number of hydrogen-bond donors (Lipinski definition) is 0. The number of para-hydroxylation sites is 6. The van der Waals surface area contributed by atoms with Crippen molar-refractivity contribution in [3.8, 4) is 44.8 Å². The van der Waals surface area contributed by atoms with Crippen molar-refractivity contribution in [3.05, 3.63) is 425 Å². The molecule has 0 saturated heterocycles. The van der Waals surface area contributed by atoms with Crippen LogP contribution in [0.2, 0.25) is 0 Å². The summed E-state index contributed by atoms with van der Waals surface area (Å²) in [5.74, 6) is 0. The molecule has 0 radical (unpaired) electrons. The minimum absolute atomic E-state index is 1.04. The quantitative estimate of drug-likeness (QED) is 0.0805. The van der Waals surface area contributed by atoms with Gasteiger partial charge in [0.05, 0.1) is 22.1 Å². The van der Waals surface area contributed by atoms with Crippen LogP contribution in [0.15, 0.2) is 414 Å². The van der Waals surface area contributed by atoms with Crippen molar-refractivity contribution in [2.24, 2.45) is 0 Å². The third-order valence-corrected chi connectivity index (χ3v) is 20.4. The second kappa shape index (κ2) is 28.0. The molecule has 2 aromatic heterocycles. The summed E-state index contributed by atoms with van der Waals surface area (Å²) >= 11 is 0. The van der Waals surface area contributed by atoms with Crippen molar-refractivity contribution in [1.82, 2.24) is 9.13 Å². The SMILES string of the molecule is C=Cc1ccc(-n2c3ccccc3c3cc(-c4ccc(N(c5ccc(-c6ccc(N(c7ccc(-c8ccc9c(c8)c8ccccc8n9-c8ccc(C=C)cc8)cc7)c7ccc(N(c8ccccc8)c8ccccc8)cc7)cc6)cc5)c5ccc(N(c6ccccc6)c6ccccc6)cc5)cc4)ccc32)cc1. The van der Waals surface area contributed by atoms with Crippen LogP contribution in [-0.4, -0.2) is 9.13 Å². The number of hydrogen-bond acceptors (Lipinski definition) is 4. The molecule has 0 unspecified atom stereocenters. The zero-order valence-electron chi connectivity index (χ0n) is 58.4. The summed E-state index contributed by atoms with van der Waals surface area (Å²) in [5.41, 5.74) is 28.6. The van der Waals surface area contributed by atoms with Gasteiger partial charge in [0, 0.05) is 101 Å². The largest absolute Gasteiger partial charge is 0.311 e. The smallest absolute Gasteiger partial charge is 0.0541 e. The summed E-state index contributed by atoms with van der Waals surface area (Å²) in [6.07, 6.45) is 3.78. The molecular weight excluding hydrogens is 1290 g/mol. The van der Waals surface area contributed by atoms with Crippen molar-refractivity contribution in [2.45, 2.75) is 0 Å². The summed E-state index contributed by atoms with van der Waals surface area (Å²) in [6, 6.07) is 145. The Morgan fingerprint density at radius 2 is 0.387 bits per heavy atom. The van der Waals surface area contributed by atoms with Crippen LogP contribution in [0.1, 0.15) is 11.1 Å². The fourth-order valence-corrected chi connectivity index (χ4v) is 15.2. The van der Waals surface area contributed by atoms with Gasteiger partial charge in [-0.3, -0.25) is 0 Å². The van der Waals surface area contributed by atoms with Gasteiger partial charge in [0.1, 0.15) is 0 Å². The van der Waals surface area contributed by atoms with Gasteiger partial charge >= 0.3 is 0 Å².